The Hall–Kier alpha value is -2.18. The zero-order chi connectivity index (χ0) is 22.3. The molecule has 0 radical (unpaired) electrons. The van der Waals surface area contributed by atoms with Gasteiger partial charge in [-0.2, -0.15) is 0 Å². The molecule has 0 saturated heterocycles. The number of nitrogens with zero attached hydrogens (tertiary/aromatic N) is 3. The van der Waals surface area contributed by atoms with Gasteiger partial charge in [0.25, 0.3) is 0 Å². The number of unbranched alkanes of at least 4 members (excludes halogenated alkanes) is 1. The van der Waals surface area contributed by atoms with Crippen molar-refractivity contribution in [3.05, 3.63) is 52.3 Å². The Bertz CT molecular complexity index is 867. The molecular formula is C22H30Cl2N4O2. The Kier molecular flexibility index (Phi) is 9.06. The lowest BCUT2D eigenvalue weighted by Crippen LogP contribution is -2.47. The minimum atomic E-state index is -0.378. The highest BCUT2D eigenvalue weighted by Crippen LogP contribution is 2.25. The van der Waals surface area contributed by atoms with Gasteiger partial charge in [-0.25, -0.2) is 4.79 Å². The Morgan fingerprint density at radius 3 is 2.50 bits per heavy atom. The van der Waals surface area contributed by atoms with E-state index in [9.17, 15) is 9.59 Å². The van der Waals surface area contributed by atoms with Crippen molar-refractivity contribution in [3.8, 4) is 0 Å². The second-order valence-electron chi connectivity index (χ2n) is 7.56. The molecule has 0 fully saturated rings. The molecule has 0 spiro atoms. The van der Waals surface area contributed by atoms with Gasteiger partial charge in [0.2, 0.25) is 5.91 Å². The standard InChI is InChI=1S/C22H30Cl2N4O2/c1-5-6-12-27(14-18-8-7-11-26(18)4)21(29)15-28(16(2)3)22(30)25-20-10-9-17(23)13-19(20)24/h7-11,13,16H,5-6,12,14-15H2,1-4H3,(H,25,30). The van der Waals surface area contributed by atoms with Gasteiger partial charge in [-0.3, -0.25) is 4.79 Å². The molecule has 2 aromatic rings. The highest BCUT2D eigenvalue weighted by Gasteiger charge is 2.24. The van der Waals surface area contributed by atoms with Gasteiger partial charge in [-0.15, -0.1) is 0 Å². The summed E-state index contributed by atoms with van der Waals surface area (Å²) in [6.07, 6.45) is 3.85. The molecule has 1 aromatic carbocycles. The molecule has 2 rings (SSSR count). The molecular weight excluding hydrogens is 423 g/mol. The predicted octanol–water partition coefficient (Wildman–Crippen LogP) is 5.40. The lowest BCUT2D eigenvalue weighted by atomic mass is 10.2. The minimum Gasteiger partial charge on any atom is -0.353 e. The first-order valence-electron chi connectivity index (χ1n) is 10.1. The van der Waals surface area contributed by atoms with Gasteiger partial charge in [0.1, 0.15) is 6.54 Å². The van der Waals surface area contributed by atoms with Crippen LogP contribution in [-0.2, 0) is 18.4 Å². The number of nitrogens with one attached hydrogen (secondary N) is 1. The Labute approximate surface area is 188 Å². The number of rotatable bonds is 9. The van der Waals surface area contributed by atoms with E-state index < -0.39 is 0 Å². The van der Waals surface area contributed by atoms with Crippen molar-refractivity contribution in [2.24, 2.45) is 7.05 Å². The summed E-state index contributed by atoms with van der Waals surface area (Å²) in [4.78, 5) is 29.3. The van der Waals surface area contributed by atoms with Gasteiger partial charge in [0.15, 0.2) is 0 Å². The van der Waals surface area contributed by atoms with E-state index in [1.165, 1.54) is 4.90 Å². The highest BCUT2D eigenvalue weighted by molar-refractivity contribution is 6.36. The molecule has 0 bridgehead atoms. The number of hydrogen-bond donors (Lipinski definition) is 1. The Balaban J connectivity index is 2.12. The number of anilines is 1. The van der Waals surface area contributed by atoms with Crippen molar-refractivity contribution in [3.63, 3.8) is 0 Å². The first-order chi connectivity index (χ1) is 14.2. The normalized spacial score (nSPS) is 10.9. The molecule has 0 aliphatic heterocycles. The highest BCUT2D eigenvalue weighted by atomic mass is 35.5. The monoisotopic (exact) mass is 452 g/mol. The second-order valence-corrected chi connectivity index (χ2v) is 8.40. The fourth-order valence-corrected chi connectivity index (χ4v) is 3.47. The maximum Gasteiger partial charge on any atom is 0.322 e. The number of hydrogen-bond acceptors (Lipinski definition) is 2. The number of carbonyl (C=O) groups is 2. The van der Waals surface area contributed by atoms with Crippen LogP contribution in [0.4, 0.5) is 10.5 Å². The molecule has 1 N–H and O–H groups in total. The van der Waals surface area contributed by atoms with Crippen molar-refractivity contribution < 1.29 is 9.59 Å². The largest absolute Gasteiger partial charge is 0.353 e. The number of aryl methyl sites for hydroxylation is 1. The molecule has 1 aromatic heterocycles. The maximum atomic E-state index is 13.1. The molecule has 164 valence electrons. The summed E-state index contributed by atoms with van der Waals surface area (Å²) in [5, 5.41) is 3.62. The van der Waals surface area contributed by atoms with Crippen LogP contribution in [0.2, 0.25) is 10.0 Å². The van der Waals surface area contributed by atoms with E-state index in [2.05, 4.69) is 12.2 Å². The molecule has 0 atom stereocenters. The van der Waals surface area contributed by atoms with Gasteiger partial charge < -0.3 is 19.7 Å². The summed E-state index contributed by atoms with van der Waals surface area (Å²) >= 11 is 12.1. The third-order valence-electron chi connectivity index (χ3n) is 4.90. The average molecular weight is 453 g/mol. The average Bonchev–Trinajstić information content (AvgIpc) is 3.09. The number of carbonyl (C=O) groups excluding carboxylic acids is 2. The minimum absolute atomic E-state index is 0.0111. The zero-order valence-electron chi connectivity index (χ0n) is 18.0. The van der Waals surface area contributed by atoms with Crippen LogP contribution < -0.4 is 5.32 Å². The number of amides is 3. The van der Waals surface area contributed by atoms with Crippen molar-refractivity contribution in [1.82, 2.24) is 14.4 Å². The third-order valence-corrected chi connectivity index (χ3v) is 5.45. The predicted molar refractivity (Wildman–Crippen MR) is 123 cm³/mol. The van der Waals surface area contributed by atoms with Crippen LogP contribution in [0.25, 0.3) is 0 Å². The first kappa shape index (κ1) is 24.1. The van der Waals surface area contributed by atoms with Gasteiger partial charge in [0, 0.05) is 36.5 Å². The fraction of sp³-hybridized carbons (Fsp3) is 0.455. The first-order valence-corrected chi connectivity index (χ1v) is 10.9. The SMILES string of the molecule is CCCCN(Cc1cccn1C)C(=O)CN(C(=O)Nc1ccc(Cl)cc1Cl)C(C)C. The van der Waals surface area contributed by atoms with E-state index in [4.69, 9.17) is 23.2 Å². The molecule has 30 heavy (non-hydrogen) atoms. The summed E-state index contributed by atoms with van der Waals surface area (Å²) in [5.74, 6) is -0.0873. The molecule has 6 nitrogen and oxygen atoms in total. The van der Waals surface area contributed by atoms with Crippen molar-refractivity contribution in [1.29, 1.82) is 0 Å². The Morgan fingerprint density at radius 1 is 1.20 bits per heavy atom. The summed E-state index contributed by atoms with van der Waals surface area (Å²) in [5.41, 5.74) is 1.50. The third kappa shape index (κ3) is 6.67. The van der Waals surface area contributed by atoms with Crippen molar-refractivity contribution >= 4 is 40.8 Å². The number of urea groups is 1. The quantitative estimate of drug-likeness (QED) is 0.553. The fourth-order valence-electron chi connectivity index (χ4n) is 3.01. The molecule has 0 saturated carbocycles. The van der Waals surface area contributed by atoms with Crippen molar-refractivity contribution in [2.75, 3.05) is 18.4 Å². The van der Waals surface area contributed by atoms with Gasteiger partial charge in [-0.05, 0) is 50.6 Å². The van der Waals surface area contributed by atoms with E-state index in [1.54, 1.807) is 18.2 Å². The smallest absolute Gasteiger partial charge is 0.322 e. The van der Waals surface area contributed by atoms with E-state index in [0.717, 1.165) is 18.5 Å². The Morgan fingerprint density at radius 2 is 1.93 bits per heavy atom. The number of halogens is 2. The number of benzene rings is 1. The van der Waals surface area contributed by atoms with Crippen LogP contribution in [0.5, 0.6) is 0 Å². The van der Waals surface area contributed by atoms with Gasteiger partial charge in [0.05, 0.1) is 17.3 Å². The molecule has 0 aliphatic rings. The number of aromatic nitrogens is 1. The summed E-state index contributed by atoms with van der Waals surface area (Å²) in [6.45, 7) is 7.00. The molecule has 1 heterocycles. The van der Waals surface area contributed by atoms with Crippen molar-refractivity contribution in [2.45, 2.75) is 46.2 Å². The van der Waals surface area contributed by atoms with Gasteiger partial charge in [-0.1, -0.05) is 36.5 Å². The lowest BCUT2D eigenvalue weighted by molar-refractivity contribution is -0.132. The maximum absolute atomic E-state index is 13.1. The lowest BCUT2D eigenvalue weighted by Gasteiger charge is -2.30. The van der Waals surface area contributed by atoms with Crippen LogP contribution in [0.3, 0.4) is 0 Å². The summed E-state index contributed by atoms with van der Waals surface area (Å²) in [6, 6.07) is 8.28. The van der Waals surface area contributed by atoms with Crippen LogP contribution >= 0.6 is 23.2 Å². The molecule has 0 unspecified atom stereocenters. The molecule has 8 heteroatoms. The molecule has 3 amide bonds. The van der Waals surface area contributed by atoms with E-state index >= 15 is 0 Å². The van der Waals surface area contributed by atoms with Crippen LogP contribution in [0.15, 0.2) is 36.5 Å². The zero-order valence-corrected chi connectivity index (χ0v) is 19.5. The van der Waals surface area contributed by atoms with Gasteiger partial charge >= 0.3 is 6.03 Å². The van der Waals surface area contributed by atoms with E-state index in [0.29, 0.717) is 28.8 Å². The summed E-state index contributed by atoms with van der Waals surface area (Å²) < 4.78 is 2.00. The molecule has 0 aliphatic carbocycles. The van der Waals surface area contributed by atoms with E-state index in [-0.39, 0.29) is 24.5 Å². The summed E-state index contributed by atoms with van der Waals surface area (Å²) in [7, 11) is 1.96. The van der Waals surface area contributed by atoms with Crippen LogP contribution in [-0.4, -0.2) is 45.4 Å². The topological polar surface area (TPSA) is 57.6 Å². The van der Waals surface area contributed by atoms with E-state index in [1.807, 2.05) is 48.7 Å². The van der Waals surface area contributed by atoms with Crippen LogP contribution in [0.1, 0.15) is 39.3 Å². The second kappa shape index (κ2) is 11.3. The van der Waals surface area contributed by atoms with Crippen LogP contribution in [0, 0.1) is 0 Å².